The number of benzene rings is 2. The molecular weight excluding hydrogens is 485 g/mol. The quantitative estimate of drug-likeness (QED) is 0.435. The summed E-state index contributed by atoms with van der Waals surface area (Å²) in [6.07, 6.45) is -3.03. The van der Waals surface area contributed by atoms with Crippen LogP contribution in [0.4, 0.5) is 35.2 Å². The van der Waals surface area contributed by atoms with Crippen molar-refractivity contribution in [3.63, 3.8) is 0 Å². The van der Waals surface area contributed by atoms with Crippen molar-refractivity contribution in [3.05, 3.63) is 66.0 Å². The van der Waals surface area contributed by atoms with Gasteiger partial charge in [0.25, 0.3) is 0 Å². The smallest absolute Gasteiger partial charge is 0.416 e. The number of urea groups is 1. The normalized spacial score (nSPS) is 14.5. The minimum Gasteiger partial charge on any atom is -0.439 e. The molecule has 2 N–H and O–H groups in total. The molecule has 37 heavy (non-hydrogen) atoms. The van der Waals surface area contributed by atoms with Gasteiger partial charge in [0.15, 0.2) is 0 Å². The number of alkyl halides is 3. The maximum absolute atomic E-state index is 13.1. The van der Waals surface area contributed by atoms with E-state index in [0.29, 0.717) is 23.4 Å². The Kier molecular flexibility index (Phi) is 7.82. The lowest BCUT2D eigenvalue weighted by Crippen LogP contribution is -2.49. The third kappa shape index (κ3) is 6.88. The maximum Gasteiger partial charge on any atom is 0.416 e. The molecule has 1 saturated heterocycles. The minimum absolute atomic E-state index is 0.0422. The van der Waals surface area contributed by atoms with Crippen molar-refractivity contribution in [3.8, 4) is 11.6 Å². The van der Waals surface area contributed by atoms with Crippen molar-refractivity contribution >= 4 is 23.2 Å². The summed E-state index contributed by atoms with van der Waals surface area (Å²) in [4.78, 5) is 25.5. The molecule has 4 rings (SSSR count). The van der Waals surface area contributed by atoms with E-state index in [4.69, 9.17) is 4.74 Å². The van der Waals surface area contributed by atoms with Gasteiger partial charge in [-0.2, -0.15) is 13.2 Å². The fourth-order valence-corrected chi connectivity index (χ4v) is 4.05. The van der Waals surface area contributed by atoms with Gasteiger partial charge in [0, 0.05) is 49.7 Å². The Morgan fingerprint density at radius 2 is 1.59 bits per heavy atom. The Bertz CT molecular complexity index is 1230. The monoisotopic (exact) mass is 514 g/mol. The van der Waals surface area contributed by atoms with E-state index >= 15 is 0 Å². The van der Waals surface area contributed by atoms with Crippen LogP contribution in [-0.2, 0) is 6.18 Å². The molecule has 11 heteroatoms. The molecule has 3 aromatic rings. The molecule has 196 valence electrons. The van der Waals surface area contributed by atoms with Crippen LogP contribution in [0, 0.1) is 6.92 Å². The lowest BCUT2D eigenvalue weighted by Gasteiger charge is -2.37. The van der Waals surface area contributed by atoms with Crippen LogP contribution in [0.25, 0.3) is 0 Å². The molecule has 8 nitrogen and oxygen atoms in total. The number of hydrogen-bond donors (Lipinski definition) is 2. The molecule has 0 saturated carbocycles. The maximum atomic E-state index is 13.1. The van der Waals surface area contributed by atoms with Gasteiger partial charge in [-0.3, -0.25) is 4.90 Å². The zero-order valence-corrected chi connectivity index (χ0v) is 20.8. The zero-order chi connectivity index (χ0) is 26.6. The highest BCUT2D eigenvalue weighted by molar-refractivity contribution is 5.99. The highest BCUT2D eigenvalue weighted by Crippen LogP contribution is 2.33. The summed E-state index contributed by atoms with van der Waals surface area (Å²) in [6, 6.07) is 11.8. The molecule has 0 atom stereocenters. The summed E-state index contributed by atoms with van der Waals surface area (Å²) in [6.45, 7) is 9.43. The van der Waals surface area contributed by atoms with E-state index < -0.39 is 17.8 Å². The number of carbonyl (C=O) groups is 1. The average molecular weight is 515 g/mol. The van der Waals surface area contributed by atoms with Crippen LogP contribution in [0.2, 0.25) is 0 Å². The van der Waals surface area contributed by atoms with E-state index in [1.165, 1.54) is 25.4 Å². The van der Waals surface area contributed by atoms with E-state index in [9.17, 15) is 18.0 Å². The first-order valence-corrected chi connectivity index (χ1v) is 11.9. The summed E-state index contributed by atoms with van der Waals surface area (Å²) >= 11 is 0. The predicted molar refractivity (Wildman–Crippen MR) is 136 cm³/mol. The zero-order valence-electron chi connectivity index (χ0n) is 20.8. The van der Waals surface area contributed by atoms with Crippen molar-refractivity contribution in [1.82, 2.24) is 14.9 Å². The molecule has 0 spiro atoms. The topological polar surface area (TPSA) is 82.6 Å². The highest BCUT2D eigenvalue weighted by atomic mass is 19.4. The Morgan fingerprint density at radius 1 is 0.946 bits per heavy atom. The van der Waals surface area contributed by atoms with Gasteiger partial charge in [-0.15, -0.1) is 0 Å². The molecule has 1 aliphatic heterocycles. The number of ether oxygens (including phenoxy) is 1. The molecule has 1 fully saturated rings. The highest BCUT2D eigenvalue weighted by Gasteiger charge is 2.32. The Balaban J connectivity index is 1.33. The van der Waals surface area contributed by atoms with Gasteiger partial charge in [0.1, 0.15) is 17.9 Å². The van der Waals surface area contributed by atoms with Gasteiger partial charge in [-0.1, -0.05) is 6.07 Å². The van der Waals surface area contributed by atoms with Gasteiger partial charge in [-0.25, -0.2) is 14.8 Å². The number of aromatic nitrogens is 2. The standard InChI is InChI=1S/C26H29F3N6O2/c1-17(2)34-10-12-35(13-11-34)23-15-24(31-16-30-23)37-21-8-6-19(7-9-21)32-25(36)33-20-5-4-18(3)22(14-20)26(27,28)29/h4-9,14-17H,10-13H2,1-3H3,(H2,32,33,36). The summed E-state index contributed by atoms with van der Waals surface area (Å²) in [5.74, 6) is 1.70. The van der Waals surface area contributed by atoms with Crippen molar-refractivity contribution in [2.45, 2.75) is 33.0 Å². The lowest BCUT2D eigenvalue weighted by atomic mass is 10.1. The molecule has 0 unspecified atom stereocenters. The van der Waals surface area contributed by atoms with Gasteiger partial charge < -0.3 is 20.3 Å². The molecule has 2 aromatic carbocycles. The van der Waals surface area contributed by atoms with Crippen LogP contribution in [0.5, 0.6) is 11.6 Å². The fraction of sp³-hybridized carbons (Fsp3) is 0.346. The molecule has 0 bridgehead atoms. The second kappa shape index (κ2) is 11.0. The van der Waals surface area contributed by atoms with Crippen LogP contribution in [0.1, 0.15) is 25.0 Å². The number of aryl methyl sites for hydroxylation is 1. The number of carbonyl (C=O) groups excluding carboxylic acids is 1. The SMILES string of the molecule is Cc1ccc(NC(=O)Nc2ccc(Oc3cc(N4CCN(C(C)C)CC4)ncn3)cc2)cc1C(F)(F)F. The van der Waals surface area contributed by atoms with Crippen LogP contribution in [0.3, 0.4) is 0 Å². The first-order chi connectivity index (χ1) is 17.6. The minimum atomic E-state index is -4.50. The number of nitrogens with one attached hydrogen (secondary N) is 2. The average Bonchev–Trinajstić information content (AvgIpc) is 2.86. The Morgan fingerprint density at radius 3 is 2.24 bits per heavy atom. The number of hydrogen-bond acceptors (Lipinski definition) is 6. The van der Waals surface area contributed by atoms with Gasteiger partial charge in [0.2, 0.25) is 5.88 Å². The largest absolute Gasteiger partial charge is 0.439 e. The second-order valence-corrected chi connectivity index (χ2v) is 9.06. The summed E-state index contributed by atoms with van der Waals surface area (Å²) in [5.41, 5.74) is -0.226. The van der Waals surface area contributed by atoms with Crippen LogP contribution >= 0.6 is 0 Å². The van der Waals surface area contributed by atoms with Crippen molar-refractivity contribution in [2.75, 3.05) is 41.7 Å². The molecule has 0 radical (unpaired) electrons. The van der Waals surface area contributed by atoms with Crippen molar-refractivity contribution < 1.29 is 22.7 Å². The number of anilines is 3. The Hall–Kier alpha value is -3.86. The molecule has 1 aromatic heterocycles. The van der Waals surface area contributed by atoms with Crippen molar-refractivity contribution in [2.24, 2.45) is 0 Å². The van der Waals surface area contributed by atoms with Gasteiger partial charge in [0.05, 0.1) is 5.56 Å². The van der Waals surface area contributed by atoms with Crippen LogP contribution in [-0.4, -0.2) is 53.1 Å². The van der Waals surface area contributed by atoms with E-state index in [1.807, 2.05) is 0 Å². The molecule has 2 amide bonds. The molecular formula is C26H29F3N6O2. The fourth-order valence-electron chi connectivity index (χ4n) is 4.05. The van der Waals surface area contributed by atoms with Gasteiger partial charge >= 0.3 is 12.2 Å². The van der Waals surface area contributed by atoms with Crippen LogP contribution < -0.4 is 20.3 Å². The summed E-state index contributed by atoms with van der Waals surface area (Å²) in [7, 11) is 0. The molecule has 2 heterocycles. The Labute approximate surface area is 213 Å². The summed E-state index contributed by atoms with van der Waals surface area (Å²) < 4.78 is 45.2. The number of amides is 2. The lowest BCUT2D eigenvalue weighted by molar-refractivity contribution is -0.138. The first-order valence-electron chi connectivity index (χ1n) is 11.9. The molecule has 0 aliphatic carbocycles. The number of rotatable bonds is 6. The third-order valence-electron chi connectivity index (χ3n) is 6.13. The van der Waals surface area contributed by atoms with E-state index in [-0.39, 0.29) is 11.3 Å². The first kappa shape index (κ1) is 26.2. The number of halogens is 3. The third-order valence-corrected chi connectivity index (χ3v) is 6.13. The predicted octanol–water partition coefficient (Wildman–Crippen LogP) is 5.77. The van der Waals surface area contributed by atoms with Crippen molar-refractivity contribution in [1.29, 1.82) is 0 Å². The van der Waals surface area contributed by atoms with E-state index in [1.54, 1.807) is 30.3 Å². The van der Waals surface area contributed by atoms with Crippen LogP contribution in [0.15, 0.2) is 54.9 Å². The second-order valence-electron chi connectivity index (χ2n) is 9.06. The van der Waals surface area contributed by atoms with E-state index in [2.05, 4.69) is 44.2 Å². The molecule has 1 aliphatic rings. The summed E-state index contributed by atoms with van der Waals surface area (Å²) in [5, 5.41) is 5.02. The number of piperazine rings is 1. The van der Waals surface area contributed by atoms with E-state index in [0.717, 1.165) is 38.1 Å². The van der Waals surface area contributed by atoms with Gasteiger partial charge in [-0.05, 0) is 62.7 Å². The number of nitrogens with zero attached hydrogens (tertiary/aromatic N) is 4.